The summed E-state index contributed by atoms with van der Waals surface area (Å²) in [5.41, 5.74) is 1.84. The van der Waals surface area contributed by atoms with E-state index in [1.807, 2.05) is 56.3 Å². The van der Waals surface area contributed by atoms with Gasteiger partial charge in [-0.25, -0.2) is 4.79 Å². The summed E-state index contributed by atoms with van der Waals surface area (Å²) in [5.74, 6) is -1.04. The Labute approximate surface area is 253 Å². The van der Waals surface area contributed by atoms with Crippen LogP contribution in [0, 0.1) is 5.92 Å². The maximum Gasteiger partial charge on any atom is 0.373 e. The molecule has 0 aromatic heterocycles. The highest BCUT2D eigenvalue weighted by molar-refractivity contribution is 6.29. The predicted octanol–water partition coefficient (Wildman–Crippen LogP) is 5.17. The Bertz CT molecular complexity index is 1230. The van der Waals surface area contributed by atoms with E-state index in [-0.39, 0.29) is 23.7 Å². The van der Waals surface area contributed by atoms with Crippen molar-refractivity contribution < 1.29 is 29.0 Å². The molecule has 0 bridgehead atoms. The number of halogens is 1. The Morgan fingerprint density at radius 1 is 1.17 bits per heavy atom. The van der Waals surface area contributed by atoms with Crippen molar-refractivity contribution in [1.29, 1.82) is 0 Å². The summed E-state index contributed by atoms with van der Waals surface area (Å²) in [6.07, 6.45) is 15.9. The lowest BCUT2D eigenvalue weighted by atomic mass is 9.97. The number of hydrogen-bond acceptors (Lipinski definition) is 6. The summed E-state index contributed by atoms with van der Waals surface area (Å²) in [7, 11) is 1.44. The van der Waals surface area contributed by atoms with E-state index in [0.29, 0.717) is 30.7 Å². The fraction of sp³-hybridized carbons (Fsp3) is 0.364. The number of nitrogens with one attached hydrogen (secondary N) is 2. The van der Waals surface area contributed by atoms with E-state index in [1.165, 1.54) is 19.4 Å². The molecular formula is C33H41ClN2O6. The first-order valence-electron chi connectivity index (χ1n) is 13.9. The monoisotopic (exact) mass is 596 g/mol. The number of amides is 2. The van der Waals surface area contributed by atoms with E-state index in [9.17, 15) is 19.5 Å². The Morgan fingerprint density at radius 3 is 2.55 bits per heavy atom. The van der Waals surface area contributed by atoms with Gasteiger partial charge < -0.3 is 25.2 Å². The molecule has 4 atom stereocenters. The zero-order valence-corrected chi connectivity index (χ0v) is 25.3. The number of aliphatic hydroxyl groups is 1. The number of cyclic esters (lactones) is 1. The highest BCUT2D eigenvalue weighted by atomic mass is 35.5. The van der Waals surface area contributed by atoms with Crippen molar-refractivity contribution in [1.82, 2.24) is 10.6 Å². The molecule has 2 amide bonds. The number of ether oxygens (including phenoxy) is 2. The molecule has 1 aliphatic rings. The van der Waals surface area contributed by atoms with E-state index < -0.39 is 24.0 Å². The van der Waals surface area contributed by atoms with Gasteiger partial charge in [0.05, 0.1) is 13.2 Å². The average molecular weight is 597 g/mol. The van der Waals surface area contributed by atoms with Crippen LogP contribution in [0.4, 0.5) is 0 Å². The van der Waals surface area contributed by atoms with Crippen LogP contribution in [-0.2, 0) is 30.3 Å². The summed E-state index contributed by atoms with van der Waals surface area (Å²) < 4.78 is 10.4. The minimum absolute atomic E-state index is 0.0122. The Hall–Kier alpha value is -3.88. The molecule has 42 heavy (non-hydrogen) atoms. The van der Waals surface area contributed by atoms with E-state index in [0.717, 1.165) is 11.1 Å². The second-order valence-electron chi connectivity index (χ2n) is 10.0. The first kappa shape index (κ1) is 34.3. The molecule has 0 saturated carbocycles. The van der Waals surface area contributed by atoms with Gasteiger partial charge in [0.1, 0.15) is 12.1 Å². The predicted molar refractivity (Wildman–Crippen MR) is 165 cm³/mol. The van der Waals surface area contributed by atoms with Crippen molar-refractivity contribution in [3.63, 3.8) is 0 Å². The molecule has 0 unspecified atom stereocenters. The first-order chi connectivity index (χ1) is 20.1. The third-order valence-corrected chi connectivity index (χ3v) is 6.54. The van der Waals surface area contributed by atoms with Crippen LogP contribution in [0.5, 0.6) is 0 Å². The van der Waals surface area contributed by atoms with Gasteiger partial charge in [0.15, 0.2) is 5.76 Å². The number of aliphatic hydroxyl groups excluding tert-OH is 1. The molecule has 1 heterocycles. The molecule has 1 aromatic rings. The molecule has 226 valence electrons. The molecule has 1 aliphatic heterocycles. The van der Waals surface area contributed by atoms with Crippen LogP contribution in [0.1, 0.15) is 45.6 Å². The maximum atomic E-state index is 12.9. The molecule has 2 rings (SSSR count). The molecule has 9 heteroatoms. The van der Waals surface area contributed by atoms with Crippen molar-refractivity contribution in [3.05, 3.63) is 107 Å². The van der Waals surface area contributed by atoms with Gasteiger partial charge in [-0.3, -0.25) is 9.59 Å². The zero-order chi connectivity index (χ0) is 30.9. The Balaban J connectivity index is 1.94. The lowest BCUT2D eigenvalue weighted by Gasteiger charge is -2.25. The fourth-order valence-corrected chi connectivity index (χ4v) is 4.20. The summed E-state index contributed by atoms with van der Waals surface area (Å²) in [6.45, 7) is 5.63. The largest absolute Gasteiger partial charge is 0.490 e. The van der Waals surface area contributed by atoms with Gasteiger partial charge in [-0.15, -0.1) is 0 Å². The summed E-state index contributed by atoms with van der Waals surface area (Å²) in [5, 5.41) is 16.1. The topological polar surface area (TPSA) is 114 Å². The molecule has 0 aliphatic carbocycles. The molecule has 0 radical (unpaired) electrons. The van der Waals surface area contributed by atoms with Crippen molar-refractivity contribution in [2.24, 2.45) is 5.92 Å². The first-order valence-corrected chi connectivity index (χ1v) is 14.2. The van der Waals surface area contributed by atoms with E-state index in [4.69, 9.17) is 21.1 Å². The van der Waals surface area contributed by atoms with E-state index >= 15 is 0 Å². The van der Waals surface area contributed by atoms with Crippen LogP contribution in [0.3, 0.4) is 0 Å². The molecule has 0 fully saturated rings. The second kappa shape index (κ2) is 18.5. The highest BCUT2D eigenvalue weighted by Crippen LogP contribution is 2.22. The number of esters is 1. The van der Waals surface area contributed by atoms with Crippen LogP contribution in [-0.4, -0.2) is 48.2 Å². The number of rotatable bonds is 15. The Kier molecular flexibility index (Phi) is 15.1. The minimum Gasteiger partial charge on any atom is -0.490 e. The summed E-state index contributed by atoms with van der Waals surface area (Å²) in [4.78, 5) is 37.5. The second-order valence-corrected chi connectivity index (χ2v) is 10.6. The van der Waals surface area contributed by atoms with E-state index in [2.05, 4.69) is 10.6 Å². The average Bonchev–Trinajstić information content (AvgIpc) is 2.96. The molecule has 8 nitrogen and oxygen atoms in total. The number of benzene rings is 1. The van der Waals surface area contributed by atoms with Gasteiger partial charge in [-0.2, -0.15) is 0 Å². The maximum absolute atomic E-state index is 12.9. The van der Waals surface area contributed by atoms with Gasteiger partial charge >= 0.3 is 5.97 Å². The molecule has 0 saturated heterocycles. The zero-order valence-electron chi connectivity index (χ0n) is 24.6. The number of methoxy groups -OCH3 is 1. The molecule has 1 aromatic carbocycles. The van der Waals surface area contributed by atoms with Crippen LogP contribution in [0.25, 0.3) is 0 Å². The van der Waals surface area contributed by atoms with Crippen LogP contribution in [0.2, 0.25) is 0 Å². The number of carbonyl (C=O) groups is 3. The van der Waals surface area contributed by atoms with Crippen LogP contribution >= 0.6 is 11.6 Å². The normalized spacial score (nSPS) is 18.5. The molecule has 0 spiro atoms. The smallest absolute Gasteiger partial charge is 0.373 e. The SMILES string of the molecule is COC1=CC[C@@H]([C@@H](C)C=C(C)C=CC=CC(=O)N[C@@H](Cc2ccccc2)C(=O)NC=CC[C@@H](O)CC=C(C)Cl)OC1=O. The number of allylic oxidation sites excluding steroid dienone is 5. The highest BCUT2D eigenvalue weighted by Gasteiger charge is 2.27. The van der Waals surface area contributed by atoms with Gasteiger partial charge in [-0.05, 0) is 44.5 Å². The van der Waals surface area contributed by atoms with Crippen molar-refractivity contribution in [2.45, 2.75) is 64.7 Å². The quantitative estimate of drug-likeness (QED) is 0.146. The van der Waals surface area contributed by atoms with Gasteiger partial charge in [0, 0.05) is 29.9 Å². The van der Waals surface area contributed by atoms with Crippen molar-refractivity contribution in [2.75, 3.05) is 7.11 Å². The lowest BCUT2D eigenvalue weighted by molar-refractivity contribution is -0.151. The Morgan fingerprint density at radius 2 is 1.88 bits per heavy atom. The standard InChI is InChI=1S/C33H41ClN2O6/c1-23(21-24(2)29-18-19-30(41-4)33(40)42-29)11-8-9-15-31(38)36-28(22-26-12-6-5-7-13-26)32(39)35-20-10-14-27(37)17-16-25(3)34/h5-13,15-16,19-21,24,27-29,37H,14,17-18,22H2,1-4H3,(H,35,39)(H,36,38)/t24-,27+,28-,29-/m0/s1. The van der Waals surface area contributed by atoms with Crippen molar-refractivity contribution in [3.8, 4) is 0 Å². The van der Waals surface area contributed by atoms with Crippen LogP contribution < -0.4 is 10.6 Å². The molecule has 3 N–H and O–H groups in total. The van der Waals surface area contributed by atoms with Gasteiger partial charge in [0.25, 0.3) is 0 Å². The van der Waals surface area contributed by atoms with Gasteiger partial charge in [-0.1, -0.05) is 90.9 Å². The summed E-state index contributed by atoms with van der Waals surface area (Å²) in [6, 6.07) is 8.60. The fourth-order valence-electron chi connectivity index (χ4n) is 4.11. The minimum atomic E-state index is -0.807. The van der Waals surface area contributed by atoms with Crippen molar-refractivity contribution >= 4 is 29.4 Å². The summed E-state index contributed by atoms with van der Waals surface area (Å²) >= 11 is 5.79. The van der Waals surface area contributed by atoms with Gasteiger partial charge in [0.2, 0.25) is 11.8 Å². The molecular weight excluding hydrogens is 556 g/mol. The van der Waals surface area contributed by atoms with Crippen LogP contribution in [0.15, 0.2) is 102 Å². The number of carbonyl (C=O) groups excluding carboxylic acids is 3. The third kappa shape index (κ3) is 13.2. The number of hydrogen-bond donors (Lipinski definition) is 3. The third-order valence-electron chi connectivity index (χ3n) is 6.38. The van der Waals surface area contributed by atoms with E-state index in [1.54, 1.807) is 37.3 Å². The lowest BCUT2D eigenvalue weighted by Crippen LogP contribution is -2.46.